The predicted molar refractivity (Wildman–Crippen MR) is 107 cm³/mol. The first-order valence-electron chi connectivity index (χ1n) is 9.36. The third kappa shape index (κ3) is 3.01. The van der Waals surface area contributed by atoms with E-state index < -0.39 is 0 Å². The zero-order chi connectivity index (χ0) is 18.5. The molecule has 5 heteroatoms. The molecule has 0 aliphatic carbocycles. The summed E-state index contributed by atoms with van der Waals surface area (Å²) in [6.07, 6.45) is 6.58. The van der Waals surface area contributed by atoms with Gasteiger partial charge in [0.25, 0.3) is 0 Å². The molecule has 0 saturated carbocycles. The molecule has 5 nitrogen and oxygen atoms in total. The van der Waals surface area contributed by atoms with Crippen LogP contribution in [0, 0.1) is 5.41 Å². The number of hydrogen-bond donors (Lipinski definition) is 2. The van der Waals surface area contributed by atoms with Gasteiger partial charge < -0.3 is 10.3 Å². The van der Waals surface area contributed by atoms with Crippen molar-refractivity contribution in [1.82, 2.24) is 15.3 Å². The fourth-order valence-corrected chi connectivity index (χ4v) is 3.85. The molecule has 0 radical (unpaired) electrons. The molecule has 0 unspecified atom stereocenters. The van der Waals surface area contributed by atoms with Gasteiger partial charge in [-0.3, -0.25) is 5.01 Å². The topological polar surface area (TPSA) is 42.9 Å². The molecule has 0 aromatic heterocycles. The Morgan fingerprint density at radius 3 is 2.69 bits per heavy atom. The molecule has 1 aromatic rings. The second-order valence-corrected chi connectivity index (χ2v) is 9.10. The first-order chi connectivity index (χ1) is 12.2. The van der Waals surface area contributed by atoms with E-state index in [0.717, 1.165) is 25.6 Å². The van der Waals surface area contributed by atoms with Crippen molar-refractivity contribution in [3.8, 4) is 0 Å². The van der Waals surface area contributed by atoms with Gasteiger partial charge in [-0.2, -0.15) is 5.10 Å². The van der Waals surface area contributed by atoms with Crippen molar-refractivity contribution < 1.29 is 0 Å². The smallest absolute Gasteiger partial charge is 0.154 e. The van der Waals surface area contributed by atoms with E-state index in [0.29, 0.717) is 0 Å². The van der Waals surface area contributed by atoms with E-state index in [2.05, 4.69) is 91.9 Å². The minimum Gasteiger partial charge on any atom is -0.321 e. The van der Waals surface area contributed by atoms with Gasteiger partial charge in [-0.1, -0.05) is 58.9 Å². The highest BCUT2D eigenvalue weighted by Gasteiger charge is 2.32. The summed E-state index contributed by atoms with van der Waals surface area (Å²) < 4.78 is 0. The van der Waals surface area contributed by atoms with Crippen molar-refractivity contribution in [2.75, 3.05) is 18.6 Å². The van der Waals surface area contributed by atoms with E-state index in [1.807, 2.05) is 0 Å². The molecule has 0 spiro atoms. The van der Waals surface area contributed by atoms with Gasteiger partial charge in [-0.25, -0.2) is 5.43 Å². The number of hydrazone groups is 1. The number of rotatable bonds is 3. The van der Waals surface area contributed by atoms with E-state index in [4.69, 9.17) is 5.10 Å². The number of para-hydroxylation sites is 1. The molecule has 138 valence electrons. The molecule has 26 heavy (non-hydrogen) atoms. The Morgan fingerprint density at radius 2 is 1.92 bits per heavy atom. The summed E-state index contributed by atoms with van der Waals surface area (Å²) in [6.45, 7) is 13.9. The van der Waals surface area contributed by atoms with Gasteiger partial charge >= 0.3 is 0 Å². The number of hydrazine groups is 1. The summed E-state index contributed by atoms with van der Waals surface area (Å²) >= 11 is 0. The van der Waals surface area contributed by atoms with Gasteiger partial charge in [0.15, 0.2) is 5.84 Å². The molecule has 3 heterocycles. The Hall–Kier alpha value is -2.27. The largest absolute Gasteiger partial charge is 0.321 e. The maximum absolute atomic E-state index is 4.84. The Morgan fingerprint density at radius 1 is 1.12 bits per heavy atom. The number of anilines is 1. The fraction of sp³-hybridized carbons (Fsp3) is 0.476. The first-order valence-corrected chi connectivity index (χ1v) is 9.36. The predicted octanol–water partition coefficient (Wildman–Crippen LogP) is 3.78. The van der Waals surface area contributed by atoms with E-state index in [9.17, 15) is 0 Å². The summed E-state index contributed by atoms with van der Waals surface area (Å²) in [7, 11) is 0. The SMILES string of the molecule is CC(C)(C)C1=CN2CN(CC(C)(C)c3cccc4c3NNC4)N=C2C=C1. The Kier molecular flexibility index (Phi) is 3.88. The van der Waals surface area contributed by atoms with Gasteiger partial charge in [0.05, 0.1) is 5.69 Å². The number of allylic oxidation sites excluding steroid dienone is 2. The summed E-state index contributed by atoms with van der Waals surface area (Å²) in [6, 6.07) is 6.57. The maximum Gasteiger partial charge on any atom is 0.154 e. The van der Waals surface area contributed by atoms with E-state index in [1.165, 1.54) is 22.4 Å². The van der Waals surface area contributed by atoms with Crippen LogP contribution in [-0.4, -0.2) is 29.0 Å². The van der Waals surface area contributed by atoms with Gasteiger partial charge in [-0.05, 0) is 28.2 Å². The highest BCUT2D eigenvalue weighted by molar-refractivity contribution is 5.96. The molecular formula is C21H29N5. The zero-order valence-electron chi connectivity index (χ0n) is 16.4. The van der Waals surface area contributed by atoms with Gasteiger partial charge in [0, 0.05) is 24.7 Å². The second-order valence-electron chi connectivity index (χ2n) is 9.10. The number of benzene rings is 1. The van der Waals surface area contributed by atoms with Gasteiger partial charge in [0.1, 0.15) is 6.67 Å². The molecule has 4 rings (SSSR count). The van der Waals surface area contributed by atoms with Crippen LogP contribution in [0.25, 0.3) is 0 Å². The molecule has 0 fully saturated rings. The monoisotopic (exact) mass is 351 g/mol. The third-order valence-corrected chi connectivity index (χ3v) is 5.38. The molecule has 3 aliphatic rings. The van der Waals surface area contributed by atoms with E-state index in [1.54, 1.807) is 0 Å². The molecule has 0 saturated heterocycles. The summed E-state index contributed by atoms with van der Waals surface area (Å²) in [4.78, 5) is 2.26. The van der Waals surface area contributed by atoms with Crippen LogP contribution in [0.3, 0.4) is 0 Å². The van der Waals surface area contributed by atoms with Crippen LogP contribution < -0.4 is 10.9 Å². The van der Waals surface area contributed by atoms with E-state index >= 15 is 0 Å². The highest BCUT2D eigenvalue weighted by Crippen LogP contribution is 2.36. The lowest BCUT2D eigenvalue weighted by Gasteiger charge is -2.32. The molecule has 0 bridgehead atoms. The number of fused-ring (bicyclic) bond motifs is 2. The van der Waals surface area contributed by atoms with Crippen molar-refractivity contribution in [3.63, 3.8) is 0 Å². The standard InChI is InChI=1S/C21H29N5/c1-20(2,3)16-9-10-18-24-26(14-25(18)12-16)13-21(4,5)17-8-6-7-15-11-22-23-19(15)17/h6-10,12,22-23H,11,13-14H2,1-5H3. The first kappa shape index (κ1) is 17.2. The minimum atomic E-state index is -0.0106. The number of amidine groups is 1. The number of nitrogens with zero attached hydrogens (tertiary/aromatic N) is 3. The van der Waals surface area contributed by atoms with Crippen molar-refractivity contribution in [3.05, 3.63) is 53.3 Å². The lowest BCUT2D eigenvalue weighted by Crippen LogP contribution is -2.36. The van der Waals surface area contributed by atoms with Crippen LogP contribution in [0.1, 0.15) is 45.7 Å². The average Bonchev–Trinajstić information content (AvgIpc) is 3.17. The summed E-state index contributed by atoms with van der Waals surface area (Å²) in [5.74, 6) is 1.03. The molecule has 2 N–H and O–H groups in total. The average molecular weight is 351 g/mol. The lowest BCUT2D eigenvalue weighted by molar-refractivity contribution is 0.215. The van der Waals surface area contributed by atoms with Crippen LogP contribution in [0.15, 0.2) is 47.2 Å². The van der Waals surface area contributed by atoms with Crippen molar-refractivity contribution in [1.29, 1.82) is 0 Å². The van der Waals surface area contributed by atoms with Crippen LogP contribution in [0.2, 0.25) is 0 Å². The van der Waals surface area contributed by atoms with Crippen LogP contribution in [0.5, 0.6) is 0 Å². The second kappa shape index (κ2) is 5.88. The Labute approximate surface area is 156 Å². The van der Waals surface area contributed by atoms with Crippen LogP contribution in [-0.2, 0) is 12.0 Å². The van der Waals surface area contributed by atoms with Crippen molar-refractivity contribution >= 4 is 11.5 Å². The zero-order valence-corrected chi connectivity index (χ0v) is 16.4. The fourth-order valence-electron chi connectivity index (χ4n) is 3.85. The quantitative estimate of drug-likeness (QED) is 0.870. The molecule has 0 atom stereocenters. The minimum absolute atomic E-state index is 0.0106. The molecule has 0 amide bonds. The summed E-state index contributed by atoms with van der Waals surface area (Å²) in [5, 5.41) is 7.02. The normalized spacial score (nSPS) is 19.1. The third-order valence-electron chi connectivity index (χ3n) is 5.38. The Bertz CT molecular complexity index is 810. The van der Waals surface area contributed by atoms with Crippen molar-refractivity contribution in [2.45, 2.75) is 46.6 Å². The number of hydrogen-bond acceptors (Lipinski definition) is 5. The highest BCUT2D eigenvalue weighted by atomic mass is 15.6. The molecule has 1 aromatic carbocycles. The molecule has 3 aliphatic heterocycles. The van der Waals surface area contributed by atoms with Crippen LogP contribution in [0.4, 0.5) is 5.69 Å². The molecular weight excluding hydrogens is 322 g/mol. The Balaban J connectivity index is 1.53. The van der Waals surface area contributed by atoms with E-state index in [-0.39, 0.29) is 10.8 Å². The van der Waals surface area contributed by atoms with Gasteiger partial charge in [-0.15, -0.1) is 0 Å². The van der Waals surface area contributed by atoms with Gasteiger partial charge in [0.2, 0.25) is 0 Å². The lowest BCUT2D eigenvalue weighted by atomic mass is 9.82. The van der Waals surface area contributed by atoms with Crippen molar-refractivity contribution in [2.24, 2.45) is 10.5 Å². The number of nitrogens with one attached hydrogen (secondary N) is 2. The van der Waals surface area contributed by atoms with Crippen LogP contribution >= 0.6 is 0 Å². The summed E-state index contributed by atoms with van der Waals surface area (Å²) in [5.41, 5.74) is 12.0. The maximum atomic E-state index is 4.84.